The maximum Gasteiger partial charge on any atom is 0.212 e. The van der Waals surface area contributed by atoms with Crippen molar-refractivity contribution in [1.29, 1.82) is 0 Å². The fourth-order valence-corrected chi connectivity index (χ4v) is 8.15. The van der Waals surface area contributed by atoms with E-state index in [0.29, 0.717) is 6.61 Å². The first-order chi connectivity index (χ1) is 24.3. The van der Waals surface area contributed by atoms with Crippen molar-refractivity contribution in [2.75, 3.05) is 10.2 Å². The van der Waals surface area contributed by atoms with Gasteiger partial charge in [0, 0.05) is 38.5 Å². The maximum absolute atomic E-state index is 6.22. The molecule has 1 unspecified atom stereocenters. The third-order valence-electron chi connectivity index (χ3n) is 10.4. The molecular formula is C44H30N4O. The zero-order valence-corrected chi connectivity index (χ0v) is 26.5. The molecule has 0 amide bonds. The molecule has 0 aliphatic carbocycles. The molecule has 1 N–H and O–H groups in total. The molecule has 9 aromatic rings. The summed E-state index contributed by atoms with van der Waals surface area (Å²) in [5.74, 6) is 0. The van der Waals surface area contributed by atoms with Gasteiger partial charge in [-0.15, -0.1) is 0 Å². The molecule has 232 valence electrons. The Labute approximate surface area is 282 Å². The molecule has 11 rings (SSSR count). The van der Waals surface area contributed by atoms with E-state index in [1.165, 1.54) is 71.7 Å². The van der Waals surface area contributed by atoms with E-state index in [-0.39, 0.29) is 6.35 Å². The summed E-state index contributed by atoms with van der Waals surface area (Å²) in [4.78, 5) is 2.29. The van der Waals surface area contributed by atoms with Crippen LogP contribution in [0.5, 0.6) is 0 Å². The number of hydrogen-bond acceptors (Lipinski definition) is 3. The normalized spacial score (nSPS) is 15.1. The van der Waals surface area contributed by atoms with Gasteiger partial charge in [0.25, 0.3) is 0 Å². The number of anilines is 3. The topological polar surface area (TPSA) is 34.4 Å². The number of nitrogens with one attached hydrogen (secondary N) is 1. The number of para-hydroxylation sites is 5. The fraction of sp³-hybridized carbons (Fsp3) is 0.0455. The number of rotatable bonds is 3. The van der Waals surface area contributed by atoms with E-state index < -0.39 is 0 Å². The van der Waals surface area contributed by atoms with Gasteiger partial charge in [-0.1, -0.05) is 84.9 Å². The van der Waals surface area contributed by atoms with Gasteiger partial charge in [-0.05, 0) is 83.9 Å². The maximum atomic E-state index is 6.22. The van der Waals surface area contributed by atoms with Crippen LogP contribution in [0, 0.1) is 0 Å². The van der Waals surface area contributed by atoms with Crippen LogP contribution in [0.25, 0.3) is 66.1 Å². The number of ether oxygens (including phenoxy) is 1. The third-order valence-corrected chi connectivity index (χ3v) is 10.4. The van der Waals surface area contributed by atoms with E-state index in [2.05, 4.69) is 177 Å². The molecule has 1 atom stereocenters. The highest BCUT2D eigenvalue weighted by Gasteiger charge is 2.35. The minimum Gasteiger partial charge on any atom is -0.341 e. The Bertz CT molecular complexity index is 2780. The monoisotopic (exact) mass is 630 g/mol. The Hall–Kier alpha value is -6.30. The van der Waals surface area contributed by atoms with E-state index in [4.69, 9.17) is 4.74 Å². The summed E-state index contributed by atoms with van der Waals surface area (Å²) in [6, 6.07) is 57.2. The molecule has 0 bridgehead atoms. The molecule has 0 spiro atoms. The Balaban J connectivity index is 1.07. The van der Waals surface area contributed by atoms with Crippen LogP contribution in [0.1, 0.15) is 5.56 Å². The molecule has 0 radical (unpaired) electrons. The van der Waals surface area contributed by atoms with Gasteiger partial charge in [-0.2, -0.15) is 0 Å². The van der Waals surface area contributed by atoms with Crippen LogP contribution in [0.3, 0.4) is 0 Å². The van der Waals surface area contributed by atoms with Crippen molar-refractivity contribution in [2.24, 2.45) is 0 Å². The SMILES string of the molecule is c1ccc(-n2c3ccccc3c3cc(-c4ccc5c(c4)c4ccccc4n5-c4ccc5c(c4)N4c6ccccc6NC4OC5)ccc32)cc1. The lowest BCUT2D eigenvalue weighted by atomic mass is 10.0. The van der Waals surface area contributed by atoms with Crippen LogP contribution in [0.2, 0.25) is 0 Å². The van der Waals surface area contributed by atoms with Gasteiger partial charge >= 0.3 is 0 Å². The fourth-order valence-electron chi connectivity index (χ4n) is 8.15. The first kappa shape index (κ1) is 26.7. The zero-order chi connectivity index (χ0) is 32.1. The molecule has 2 aliphatic heterocycles. The van der Waals surface area contributed by atoms with Crippen molar-refractivity contribution in [3.8, 4) is 22.5 Å². The van der Waals surface area contributed by atoms with E-state index in [9.17, 15) is 0 Å². The summed E-state index contributed by atoms with van der Waals surface area (Å²) in [6.45, 7) is 0.572. The number of hydrogen-bond donors (Lipinski definition) is 1. The van der Waals surface area contributed by atoms with E-state index in [0.717, 1.165) is 17.1 Å². The van der Waals surface area contributed by atoms with E-state index in [1.54, 1.807) is 0 Å². The zero-order valence-electron chi connectivity index (χ0n) is 26.5. The predicted molar refractivity (Wildman–Crippen MR) is 201 cm³/mol. The standard InChI is InChI=1S/C44H30N4O/c1-2-10-31(11-3-1)46-38-15-7-4-12-33(38)35-24-28(19-22-40(35)46)29-20-23-41-36(25-29)34-13-5-8-16-39(34)47(41)32-21-18-30-27-49-44-45-37-14-6-9-17-42(37)48(44)43(30)26-32/h1-26,44-45H,27H2. The molecule has 49 heavy (non-hydrogen) atoms. The molecular weight excluding hydrogens is 601 g/mol. The lowest BCUT2D eigenvalue weighted by Crippen LogP contribution is -2.38. The van der Waals surface area contributed by atoms with Gasteiger partial charge < -0.3 is 19.2 Å². The van der Waals surface area contributed by atoms with Crippen LogP contribution < -0.4 is 10.2 Å². The number of benzene rings is 7. The largest absolute Gasteiger partial charge is 0.341 e. The second-order valence-corrected chi connectivity index (χ2v) is 13.0. The molecule has 5 nitrogen and oxygen atoms in total. The minimum absolute atomic E-state index is 0.208. The van der Waals surface area contributed by atoms with Crippen LogP contribution in [0.15, 0.2) is 158 Å². The molecule has 2 aromatic heterocycles. The van der Waals surface area contributed by atoms with Gasteiger partial charge in [-0.25, -0.2) is 0 Å². The van der Waals surface area contributed by atoms with Crippen molar-refractivity contribution in [3.05, 3.63) is 163 Å². The summed E-state index contributed by atoms with van der Waals surface area (Å²) in [7, 11) is 0. The minimum atomic E-state index is -0.208. The van der Waals surface area contributed by atoms with Crippen LogP contribution >= 0.6 is 0 Å². The van der Waals surface area contributed by atoms with Crippen molar-refractivity contribution in [1.82, 2.24) is 9.13 Å². The molecule has 0 fully saturated rings. The van der Waals surface area contributed by atoms with E-state index >= 15 is 0 Å². The molecule has 0 saturated heterocycles. The molecule has 5 heteroatoms. The number of nitrogens with zero attached hydrogens (tertiary/aromatic N) is 3. The first-order valence-electron chi connectivity index (χ1n) is 16.8. The van der Waals surface area contributed by atoms with Crippen molar-refractivity contribution < 1.29 is 4.74 Å². The highest BCUT2D eigenvalue weighted by Crippen LogP contribution is 2.46. The Morgan fingerprint density at radius 3 is 1.78 bits per heavy atom. The summed E-state index contributed by atoms with van der Waals surface area (Å²) in [5.41, 5.74) is 14.1. The second kappa shape index (κ2) is 10.1. The van der Waals surface area contributed by atoms with E-state index in [1.807, 2.05) is 0 Å². The van der Waals surface area contributed by atoms with Gasteiger partial charge in [0.2, 0.25) is 6.35 Å². The van der Waals surface area contributed by atoms with Crippen LogP contribution in [-0.2, 0) is 11.3 Å². The van der Waals surface area contributed by atoms with Crippen LogP contribution in [-0.4, -0.2) is 15.5 Å². The summed E-state index contributed by atoms with van der Waals surface area (Å²) >= 11 is 0. The Morgan fingerprint density at radius 1 is 0.469 bits per heavy atom. The first-order valence-corrected chi connectivity index (χ1v) is 16.8. The van der Waals surface area contributed by atoms with Gasteiger partial charge in [0.15, 0.2) is 0 Å². The van der Waals surface area contributed by atoms with Gasteiger partial charge in [0.1, 0.15) is 0 Å². The highest BCUT2D eigenvalue weighted by molar-refractivity contribution is 6.12. The van der Waals surface area contributed by atoms with Gasteiger partial charge in [0.05, 0.1) is 45.7 Å². The number of aromatic nitrogens is 2. The quantitative estimate of drug-likeness (QED) is 0.211. The molecule has 0 saturated carbocycles. The summed E-state index contributed by atoms with van der Waals surface area (Å²) in [5, 5.41) is 8.54. The van der Waals surface area contributed by atoms with Crippen molar-refractivity contribution >= 4 is 60.7 Å². The Kier molecular flexibility index (Phi) is 5.51. The lowest BCUT2D eigenvalue weighted by molar-refractivity contribution is 0.0578. The smallest absolute Gasteiger partial charge is 0.212 e. The molecule has 2 aliphatic rings. The molecule has 4 heterocycles. The molecule has 7 aromatic carbocycles. The van der Waals surface area contributed by atoms with Crippen LogP contribution in [0.4, 0.5) is 17.1 Å². The average Bonchev–Trinajstić information content (AvgIpc) is 3.82. The highest BCUT2D eigenvalue weighted by atomic mass is 16.5. The predicted octanol–water partition coefficient (Wildman–Crippen LogP) is 10.9. The summed E-state index contributed by atoms with van der Waals surface area (Å²) in [6.07, 6.45) is -0.208. The van der Waals surface area contributed by atoms with Gasteiger partial charge in [-0.3, -0.25) is 4.90 Å². The van der Waals surface area contributed by atoms with Crippen molar-refractivity contribution in [2.45, 2.75) is 13.0 Å². The average molecular weight is 631 g/mol. The summed E-state index contributed by atoms with van der Waals surface area (Å²) < 4.78 is 11.0. The second-order valence-electron chi connectivity index (χ2n) is 13.0. The third kappa shape index (κ3) is 3.85. The Morgan fingerprint density at radius 2 is 1.06 bits per heavy atom. The van der Waals surface area contributed by atoms with Crippen molar-refractivity contribution in [3.63, 3.8) is 0 Å². The lowest BCUT2D eigenvalue weighted by Gasteiger charge is -2.33. The number of fused-ring (bicyclic) bond motifs is 11.